The van der Waals surface area contributed by atoms with Crippen molar-refractivity contribution < 1.29 is 8.42 Å². The zero-order chi connectivity index (χ0) is 22.8. The van der Waals surface area contributed by atoms with Gasteiger partial charge in [-0.25, -0.2) is 4.98 Å². The van der Waals surface area contributed by atoms with E-state index in [1.165, 1.54) is 24.4 Å². The van der Waals surface area contributed by atoms with Crippen LogP contribution >= 0.6 is 0 Å². The van der Waals surface area contributed by atoms with Gasteiger partial charge in [0.05, 0.1) is 28.2 Å². The summed E-state index contributed by atoms with van der Waals surface area (Å²) in [6, 6.07) is 17.6. The van der Waals surface area contributed by atoms with Gasteiger partial charge in [-0.05, 0) is 42.5 Å². The van der Waals surface area contributed by atoms with Gasteiger partial charge in [0.15, 0.2) is 0 Å². The summed E-state index contributed by atoms with van der Waals surface area (Å²) in [6.45, 7) is 3.89. The van der Waals surface area contributed by atoms with Crippen LogP contribution in [0.4, 0.5) is 17.2 Å². The molecule has 33 heavy (non-hydrogen) atoms. The zero-order valence-electron chi connectivity index (χ0n) is 17.6. The highest BCUT2D eigenvalue weighted by atomic mass is 32.2. The first kappa shape index (κ1) is 20.9. The van der Waals surface area contributed by atoms with Crippen molar-refractivity contribution in [1.29, 1.82) is 5.26 Å². The zero-order valence-corrected chi connectivity index (χ0v) is 18.5. The number of nitriles is 1. The molecule has 2 aromatic heterocycles. The fourth-order valence-electron chi connectivity index (χ4n) is 3.81. The number of anilines is 3. The molecule has 1 aliphatic rings. The molecule has 2 aromatic carbocycles. The lowest BCUT2D eigenvalue weighted by atomic mass is 10.2. The summed E-state index contributed by atoms with van der Waals surface area (Å²) in [5.41, 5.74) is 2.67. The second-order valence-electron chi connectivity index (χ2n) is 7.67. The van der Waals surface area contributed by atoms with Gasteiger partial charge in [0.25, 0.3) is 10.0 Å². The molecule has 2 N–H and O–H groups in total. The maximum atomic E-state index is 13.2. The Morgan fingerprint density at radius 1 is 1.03 bits per heavy atom. The molecule has 10 heteroatoms. The molecule has 0 amide bonds. The van der Waals surface area contributed by atoms with Crippen LogP contribution in [0.25, 0.3) is 10.9 Å². The van der Waals surface area contributed by atoms with Crippen LogP contribution in [-0.2, 0) is 10.0 Å². The molecular formula is C23H21N7O2S. The number of nitrogens with zero attached hydrogens (tertiary/aromatic N) is 5. The van der Waals surface area contributed by atoms with E-state index in [1.54, 1.807) is 18.3 Å². The van der Waals surface area contributed by atoms with Crippen LogP contribution < -0.4 is 15.5 Å². The molecule has 0 bridgehead atoms. The molecule has 166 valence electrons. The van der Waals surface area contributed by atoms with Crippen molar-refractivity contribution in [2.75, 3.05) is 36.4 Å². The molecule has 5 rings (SSSR count). The van der Waals surface area contributed by atoms with Gasteiger partial charge in [0.2, 0.25) is 0 Å². The second-order valence-corrected chi connectivity index (χ2v) is 9.44. The van der Waals surface area contributed by atoms with Crippen molar-refractivity contribution in [2.24, 2.45) is 0 Å². The average Bonchev–Trinajstić information content (AvgIpc) is 3.29. The number of piperazine rings is 1. The molecule has 3 heterocycles. The average molecular weight is 460 g/mol. The Balaban J connectivity index is 1.43. The Kier molecular flexibility index (Phi) is 5.42. The summed E-state index contributed by atoms with van der Waals surface area (Å²) in [5.74, 6) is 0.500. The Hall–Kier alpha value is -3.94. The minimum absolute atomic E-state index is 0.00127. The van der Waals surface area contributed by atoms with Crippen LogP contribution in [0, 0.1) is 11.3 Å². The van der Waals surface area contributed by atoms with Crippen molar-refractivity contribution in [3.63, 3.8) is 0 Å². The predicted octanol–water partition coefficient (Wildman–Crippen LogP) is 2.69. The Morgan fingerprint density at radius 2 is 1.82 bits per heavy atom. The van der Waals surface area contributed by atoms with Crippen LogP contribution in [0.1, 0.15) is 5.56 Å². The molecule has 0 saturated carbocycles. The third-order valence-corrected chi connectivity index (χ3v) is 7.13. The molecule has 4 aromatic rings. The van der Waals surface area contributed by atoms with Gasteiger partial charge < -0.3 is 15.5 Å². The Bertz CT molecular complexity index is 1450. The van der Waals surface area contributed by atoms with Gasteiger partial charge in [-0.3, -0.25) is 0 Å². The minimum atomic E-state index is -3.97. The Labute approximate surface area is 191 Å². The standard InChI is InChI=1S/C23H21N7O2S/c24-14-17-2-1-3-21(12-17)33(31,32)30-22-13-23(26-15-18(22)16-27-30)28-19-4-6-20(7-5-19)29-10-8-25-9-11-29/h1-7,12-13,15-16,25H,8-11H2,(H,26,28). The first-order chi connectivity index (χ1) is 16.0. The van der Waals surface area contributed by atoms with E-state index in [9.17, 15) is 8.42 Å². The lowest BCUT2D eigenvalue weighted by Gasteiger charge is -2.29. The first-order valence-corrected chi connectivity index (χ1v) is 11.9. The fraction of sp³-hybridized carbons (Fsp3) is 0.174. The van der Waals surface area contributed by atoms with Crippen LogP contribution in [0.5, 0.6) is 0 Å². The largest absolute Gasteiger partial charge is 0.369 e. The number of hydrogen-bond donors (Lipinski definition) is 2. The van der Waals surface area contributed by atoms with E-state index in [2.05, 4.69) is 37.7 Å². The summed E-state index contributed by atoms with van der Waals surface area (Å²) >= 11 is 0. The summed E-state index contributed by atoms with van der Waals surface area (Å²) in [4.78, 5) is 6.72. The molecule has 9 nitrogen and oxygen atoms in total. The number of pyridine rings is 1. The van der Waals surface area contributed by atoms with Crippen molar-refractivity contribution in [3.8, 4) is 6.07 Å². The van der Waals surface area contributed by atoms with Crippen molar-refractivity contribution >= 4 is 38.1 Å². The van der Waals surface area contributed by atoms with E-state index in [-0.39, 0.29) is 10.5 Å². The monoisotopic (exact) mass is 459 g/mol. The molecule has 0 radical (unpaired) electrons. The van der Waals surface area contributed by atoms with Crippen LogP contribution in [0.15, 0.2) is 71.9 Å². The number of nitrogens with one attached hydrogen (secondary N) is 2. The van der Waals surface area contributed by atoms with E-state index >= 15 is 0 Å². The molecule has 1 aliphatic heterocycles. The molecule has 1 saturated heterocycles. The topological polar surface area (TPSA) is 116 Å². The van der Waals surface area contributed by atoms with Crippen molar-refractivity contribution in [1.82, 2.24) is 19.5 Å². The van der Waals surface area contributed by atoms with Crippen LogP contribution in [-0.4, -0.2) is 48.8 Å². The summed E-state index contributed by atoms with van der Waals surface area (Å²) < 4.78 is 27.3. The number of hydrogen-bond acceptors (Lipinski definition) is 8. The fourth-order valence-corrected chi connectivity index (χ4v) is 5.12. The van der Waals surface area contributed by atoms with E-state index in [0.29, 0.717) is 16.7 Å². The maximum absolute atomic E-state index is 13.2. The highest BCUT2D eigenvalue weighted by Crippen LogP contribution is 2.25. The van der Waals surface area contributed by atoms with E-state index in [1.807, 2.05) is 18.2 Å². The summed E-state index contributed by atoms with van der Waals surface area (Å²) in [6.07, 6.45) is 3.04. The molecule has 0 unspecified atom stereocenters. The Morgan fingerprint density at radius 3 is 2.58 bits per heavy atom. The van der Waals surface area contributed by atoms with Crippen LogP contribution in [0.2, 0.25) is 0 Å². The molecule has 1 fully saturated rings. The van der Waals surface area contributed by atoms with Gasteiger partial charge >= 0.3 is 0 Å². The maximum Gasteiger partial charge on any atom is 0.283 e. The van der Waals surface area contributed by atoms with Gasteiger partial charge in [-0.15, -0.1) is 0 Å². The summed E-state index contributed by atoms with van der Waals surface area (Å²) in [5, 5.41) is 20.4. The first-order valence-electron chi connectivity index (χ1n) is 10.5. The van der Waals surface area contributed by atoms with E-state index in [0.717, 1.165) is 41.6 Å². The molecule has 0 spiro atoms. The molecule has 0 atom stereocenters. The normalized spacial score (nSPS) is 14.2. The SMILES string of the molecule is N#Cc1cccc(S(=O)(=O)n2ncc3cnc(Nc4ccc(N5CCNCC5)cc4)cc32)c1. The second kappa shape index (κ2) is 8.54. The number of benzene rings is 2. The van der Waals surface area contributed by atoms with Crippen molar-refractivity contribution in [2.45, 2.75) is 4.90 Å². The molecule has 0 aliphatic carbocycles. The number of aromatic nitrogens is 3. The van der Waals surface area contributed by atoms with E-state index < -0.39 is 10.0 Å². The van der Waals surface area contributed by atoms with Gasteiger partial charge in [-0.1, -0.05) is 6.07 Å². The number of fused-ring (bicyclic) bond motifs is 1. The number of rotatable bonds is 5. The predicted molar refractivity (Wildman–Crippen MR) is 126 cm³/mol. The van der Waals surface area contributed by atoms with Gasteiger partial charge in [-0.2, -0.15) is 22.9 Å². The third kappa shape index (κ3) is 4.11. The van der Waals surface area contributed by atoms with Gasteiger partial charge in [0.1, 0.15) is 5.82 Å². The lowest BCUT2D eigenvalue weighted by molar-refractivity contribution is 0.582. The van der Waals surface area contributed by atoms with Gasteiger partial charge in [0, 0.05) is 55.2 Å². The third-order valence-electron chi connectivity index (χ3n) is 5.53. The lowest BCUT2D eigenvalue weighted by Crippen LogP contribution is -2.43. The highest BCUT2D eigenvalue weighted by Gasteiger charge is 2.21. The minimum Gasteiger partial charge on any atom is -0.369 e. The summed E-state index contributed by atoms with van der Waals surface area (Å²) in [7, 11) is -3.97. The highest BCUT2D eigenvalue weighted by molar-refractivity contribution is 7.90. The van der Waals surface area contributed by atoms with E-state index in [4.69, 9.17) is 5.26 Å². The molecular weight excluding hydrogens is 438 g/mol. The van der Waals surface area contributed by atoms with Crippen molar-refractivity contribution in [3.05, 3.63) is 72.6 Å². The smallest absolute Gasteiger partial charge is 0.283 e. The quantitative estimate of drug-likeness (QED) is 0.468. The van der Waals surface area contributed by atoms with Crippen LogP contribution in [0.3, 0.4) is 0 Å².